The van der Waals surface area contributed by atoms with Crippen molar-refractivity contribution in [2.45, 2.75) is 111 Å². The first-order valence-corrected chi connectivity index (χ1v) is 10.4. The maximum absolute atomic E-state index is 2.49. The Bertz CT molecular complexity index is 391. The average Bonchev–Trinajstić information content (AvgIpc) is 2.56. The minimum Gasteiger partial charge on any atom is -0.0654 e. The van der Waals surface area contributed by atoms with Gasteiger partial charge < -0.3 is 0 Å². The van der Waals surface area contributed by atoms with Gasteiger partial charge in [-0.1, -0.05) is 96.3 Å². The third kappa shape index (κ3) is 9.84. The van der Waals surface area contributed by atoms with Gasteiger partial charge in [-0.15, -0.1) is 0 Å². The van der Waals surface area contributed by atoms with Gasteiger partial charge >= 0.3 is 0 Å². The Morgan fingerprint density at radius 3 is 1.74 bits per heavy atom. The van der Waals surface area contributed by atoms with E-state index in [2.05, 4.69) is 39.0 Å². The minimum absolute atomic E-state index is 1.27. The third-order valence-electron chi connectivity index (χ3n) is 5.03. The third-order valence-corrected chi connectivity index (χ3v) is 5.03. The van der Waals surface area contributed by atoms with Crippen LogP contribution in [0.1, 0.15) is 108 Å². The molecule has 1 aromatic carbocycles. The minimum atomic E-state index is 1.27. The highest BCUT2D eigenvalue weighted by Gasteiger charge is 2.02. The topological polar surface area (TPSA) is 0 Å². The molecule has 0 nitrogen and oxygen atoms in total. The van der Waals surface area contributed by atoms with Crippen molar-refractivity contribution >= 4 is 0 Å². The van der Waals surface area contributed by atoms with E-state index in [-0.39, 0.29) is 0 Å². The molecule has 23 heavy (non-hydrogen) atoms. The van der Waals surface area contributed by atoms with Gasteiger partial charge in [0.2, 0.25) is 0 Å². The van der Waals surface area contributed by atoms with Crippen LogP contribution in [-0.4, -0.2) is 0 Å². The Morgan fingerprint density at radius 2 is 1.13 bits per heavy atom. The second kappa shape index (κ2) is 13.6. The lowest BCUT2D eigenvalue weighted by Crippen LogP contribution is -1.94. The summed E-state index contributed by atoms with van der Waals surface area (Å²) in [5.74, 6) is 0. The summed E-state index contributed by atoms with van der Waals surface area (Å²) in [4.78, 5) is 0. The fourth-order valence-electron chi connectivity index (χ4n) is 3.35. The van der Waals surface area contributed by atoms with Crippen molar-refractivity contribution in [2.75, 3.05) is 0 Å². The lowest BCUT2D eigenvalue weighted by molar-refractivity contribution is 0.604. The second-order valence-corrected chi connectivity index (χ2v) is 7.30. The molecule has 0 heterocycles. The zero-order valence-corrected chi connectivity index (χ0v) is 16.1. The van der Waals surface area contributed by atoms with E-state index in [1.807, 2.05) is 0 Å². The number of hydrogen-bond donors (Lipinski definition) is 0. The lowest BCUT2D eigenvalue weighted by Gasteiger charge is -2.09. The molecule has 0 aromatic heterocycles. The van der Waals surface area contributed by atoms with E-state index in [1.54, 1.807) is 11.1 Å². The Labute approximate surface area is 146 Å². The SMILES string of the molecule is CCCCCCCCc1ccc(C)c(CCCCCCCC)c1. The molecule has 0 spiro atoms. The van der Waals surface area contributed by atoms with Crippen LogP contribution < -0.4 is 0 Å². The summed E-state index contributed by atoms with van der Waals surface area (Å²) in [5.41, 5.74) is 4.65. The zero-order chi connectivity index (χ0) is 16.8. The van der Waals surface area contributed by atoms with Crippen LogP contribution in [0.2, 0.25) is 0 Å². The Hall–Kier alpha value is -0.780. The van der Waals surface area contributed by atoms with E-state index in [4.69, 9.17) is 0 Å². The summed E-state index contributed by atoms with van der Waals surface area (Å²) in [6, 6.07) is 7.19. The van der Waals surface area contributed by atoms with E-state index in [1.165, 1.54) is 95.5 Å². The molecule has 0 radical (unpaired) electrons. The quantitative estimate of drug-likeness (QED) is 0.307. The first-order valence-electron chi connectivity index (χ1n) is 10.4. The van der Waals surface area contributed by atoms with Gasteiger partial charge in [0, 0.05) is 0 Å². The standard InChI is InChI=1S/C23H40/c1-4-6-8-10-12-14-16-22-19-18-21(3)23(20-22)17-15-13-11-9-7-5-2/h18-20H,4-17H2,1-3H3. The second-order valence-electron chi connectivity index (χ2n) is 7.30. The van der Waals surface area contributed by atoms with Crippen molar-refractivity contribution in [3.63, 3.8) is 0 Å². The van der Waals surface area contributed by atoms with Gasteiger partial charge in [0.15, 0.2) is 0 Å². The first kappa shape index (κ1) is 20.3. The summed E-state index contributed by atoms with van der Waals surface area (Å²) < 4.78 is 0. The van der Waals surface area contributed by atoms with E-state index in [0.29, 0.717) is 0 Å². The number of aryl methyl sites for hydroxylation is 3. The first-order chi connectivity index (χ1) is 11.3. The van der Waals surface area contributed by atoms with Crippen LogP contribution in [0.3, 0.4) is 0 Å². The van der Waals surface area contributed by atoms with Crippen LogP contribution in [0.25, 0.3) is 0 Å². The summed E-state index contributed by atoms with van der Waals surface area (Å²) in [6.45, 7) is 6.86. The normalized spacial score (nSPS) is 11.1. The Kier molecular flexibility index (Phi) is 12.0. The molecule has 0 aliphatic rings. The number of rotatable bonds is 14. The van der Waals surface area contributed by atoms with Gasteiger partial charge in [-0.2, -0.15) is 0 Å². The van der Waals surface area contributed by atoms with Gasteiger partial charge in [0.25, 0.3) is 0 Å². The van der Waals surface area contributed by atoms with Gasteiger partial charge in [-0.3, -0.25) is 0 Å². The molecule has 1 aromatic rings. The van der Waals surface area contributed by atoms with Gasteiger partial charge in [0.1, 0.15) is 0 Å². The Balaban J connectivity index is 2.25. The van der Waals surface area contributed by atoms with Crippen LogP contribution >= 0.6 is 0 Å². The predicted octanol–water partition coefficient (Wildman–Crippen LogP) is 7.80. The average molecular weight is 317 g/mol. The van der Waals surface area contributed by atoms with Crippen molar-refractivity contribution in [3.05, 3.63) is 34.9 Å². The molecule has 0 aliphatic heterocycles. The molecule has 0 amide bonds. The summed E-state index contributed by atoms with van der Waals surface area (Å²) in [6.07, 6.45) is 19.3. The molecule has 0 aliphatic carbocycles. The molecule has 0 fully saturated rings. The number of hydrogen-bond acceptors (Lipinski definition) is 0. The van der Waals surface area contributed by atoms with Crippen LogP contribution in [-0.2, 0) is 12.8 Å². The van der Waals surface area contributed by atoms with Gasteiger partial charge in [0.05, 0.1) is 0 Å². The van der Waals surface area contributed by atoms with Crippen molar-refractivity contribution in [2.24, 2.45) is 0 Å². The zero-order valence-electron chi connectivity index (χ0n) is 16.1. The fourth-order valence-corrected chi connectivity index (χ4v) is 3.35. The van der Waals surface area contributed by atoms with Crippen molar-refractivity contribution < 1.29 is 0 Å². The summed E-state index contributed by atoms with van der Waals surface area (Å²) >= 11 is 0. The van der Waals surface area contributed by atoms with E-state index < -0.39 is 0 Å². The van der Waals surface area contributed by atoms with Crippen molar-refractivity contribution in [1.82, 2.24) is 0 Å². The number of benzene rings is 1. The smallest absolute Gasteiger partial charge is 0.0276 e. The van der Waals surface area contributed by atoms with Gasteiger partial charge in [-0.05, 0) is 49.3 Å². The van der Waals surface area contributed by atoms with Gasteiger partial charge in [-0.25, -0.2) is 0 Å². The van der Waals surface area contributed by atoms with Crippen LogP contribution in [0, 0.1) is 6.92 Å². The summed E-state index contributed by atoms with van der Waals surface area (Å²) in [7, 11) is 0. The van der Waals surface area contributed by atoms with Crippen LogP contribution in [0.5, 0.6) is 0 Å². The molecule has 0 heteroatoms. The van der Waals surface area contributed by atoms with Crippen LogP contribution in [0.15, 0.2) is 18.2 Å². The highest BCUT2D eigenvalue weighted by atomic mass is 14.1. The van der Waals surface area contributed by atoms with E-state index in [0.717, 1.165) is 0 Å². The van der Waals surface area contributed by atoms with Crippen molar-refractivity contribution in [1.29, 1.82) is 0 Å². The molecule has 0 saturated heterocycles. The molecule has 0 bridgehead atoms. The molecule has 1 rings (SSSR count). The van der Waals surface area contributed by atoms with Crippen molar-refractivity contribution in [3.8, 4) is 0 Å². The lowest BCUT2D eigenvalue weighted by atomic mass is 9.96. The molecular weight excluding hydrogens is 276 g/mol. The molecule has 0 saturated carbocycles. The largest absolute Gasteiger partial charge is 0.0654 e. The maximum Gasteiger partial charge on any atom is -0.0276 e. The molecule has 0 N–H and O–H groups in total. The fraction of sp³-hybridized carbons (Fsp3) is 0.739. The molecule has 0 atom stereocenters. The van der Waals surface area contributed by atoms with E-state index >= 15 is 0 Å². The molecule has 132 valence electrons. The number of unbranched alkanes of at least 4 members (excludes halogenated alkanes) is 10. The van der Waals surface area contributed by atoms with E-state index in [9.17, 15) is 0 Å². The van der Waals surface area contributed by atoms with Crippen LogP contribution in [0.4, 0.5) is 0 Å². The highest BCUT2D eigenvalue weighted by molar-refractivity contribution is 5.31. The molecule has 0 unspecified atom stereocenters. The predicted molar refractivity (Wildman–Crippen MR) is 105 cm³/mol. The Morgan fingerprint density at radius 1 is 0.609 bits per heavy atom. The maximum atomic E-state index is 2.49. The highest BCUT2D eigenvalue weighted by Crippen LogP contribution is 2.17. The molecular formula is C23H40. The monoisotopic (exact) mass is 316 g/mol. The summed E-state index contributed by atoms with van der Waals surface area (Å²) in [5, 5.41) is 0.